The molecule has 1 aliphatic heterocycles. The van der Waals surface area contributed by atoms with Crippen LogP contribution in [0.2, 0.25) is 0 Å². The lowest BCUT2D eigenvalue weighted by Crippen LogP contribution is -2.46. The minimum Gasteiger partial charge on any atom is -0.291 e. The topological polar surface area (TPSA) is 29.5 Å². The number of para-hydroxylation sites is 1. The Morgan fingerprint density at radius 3 is 2.35 bits per heavy atom. The van der Waals surface area contributed by atoms with E-state index in [1.807, 2.05) is 61.5 Å². The molecule has 0 N–H and O–H groups in total. The van der Waals surface area contributed by atoms with Gasteiger partial charge in [0, 0.05) is 5.56 Å². The van der Waals surface area contributed by atoms with E-state index in [-0.39, 0.29) is 5.78 Å². The Kier molecular flexibility index (Phi) is 3.07. The van der Waals surface area contributed by atoms with Crippen molar-refractivity contribution in [3.05, 3.63) is 65.7 Å². The zero-order valence-electron chi connectivity index (χ0n) is 11.7. The standard InChI is InChI=1S/C17H17NO2/c1-3-17(13-9-5-4-6-10-13)16(19)14-11-7-8-12-15(14)18(17)20-2/h4-12H,3H2,1-2H3. The Balaban J connectivity index is 2.25. The highest BCUT2D eigenvalue weighted by atomic mass is 16.7. The third-order valence-corrected chi connectivity index (χ3v) is 4.04. The molecule has 1 unspecified atom stereocenters. The molecule has 3 heteroatoms. The molecule has 0 saturated carbocycles. The van der Waals surface area contributed by atoms with Gasteiger partial charge in [-0.25, -0.2) is 5.06 Å². The Morgan fingerprint density at radius 2 is 1.70 bits per heavy atom. The first-order valence-electron chi connectivity index (χ1n) is 6.79. The number of anilines is 1. The SMILES string of the molecule is CCC1(c2ccccc2)C(=O)c2ccccc2N1OC. The van der Waals surface area contributed by atoms with Crippen molar-refractivity contribution in [1.29, 1.82) is 0 Å². The van der Waals surface area contributed by atoms with E-state index >= 15 is 0 Å². The second kappa shape index (κ2) is 4.76. The van der Waals surface area contributed by atoms with E-state index in [9.17, 15) is 4.79 Å². The molecule has 20 heavy (non-hydrogen) atoms. The summed E-state index contributed by atoms with van der Waals surface area (Å²) in [6.45, 7) is 2.02. The van der Waals surface area contributed by atoms with Gasteiger partial charge in [-0.1, -0.05) is 49.4 Å². The van der Waals surface area contributed by atoms with Crippen LogP contribution in [0.25, 0.3) is 0 Å². The number of fused-ring (bicyclic) bond motifs is 1. The summed E-state index contributed by atoms with van der Waals surface area (Å²) in [5, 5.41) is 1.75. The van der Waals surface area contributed by atoms with Crippen molar-refractivity contribution in [3.63, 3.8) is 0 Å². The number of ketones is 1. The van der Waals surface area contributed by atoms with Gasteiger partial charge < -0.3 is 0 Å². The molecule has 0 spiro atoms. The summed E-state index contributed by atoms with van der Waals surface area (Å²) in [6, 6.07) is 17.4. The van der Waals surface area contributed by atoms with Gasteiger partial charge in [-0.3, -0.25) is 9.63 Å². The van der Waals surface area contributed by atoms with Crippen LogP contribution in [0.1, 0.15) is 29.3 Å². The second-order valence-corrected chi connectivity index (χ2v) is 4.90. The molecule has 0 saturated heterocycles. The van der Waals surface area contributed by atoms with Gasteiger partial charge in [-0.05, 0) is 24.1 Å². The highest BCUT2D eigenvalue weighted by molar-refractivity contribution is 6.13. The fraction of sp³-hybridized carbons (Fsp3) is 0.235. The summed E-state index contributed by atoms with van der Waals surface area (Å²) in [5.41, 5.74) is 1.76. The zero-order chi connectivity index (χ0) is 14.2. The van der Waals surface area contributed by atoms with E-state index in [0.29, 0.717) is 6.42 Å². The number of carbonyl (C=O) groups excluding carboxylic acids is 1. The van der Waals surface area contributed by atoms with Gasteiger partial charge in [-0.15, -0.1) is 0 Å². The number of Topliss-reactive ketones (excluding diaryl/α,β-unsaturated/α-hetero) is 1. The minimum absolute atomic E-state index is 0.101. The number of carbonyl (C=O) groups is 1. The van der Waals surface area contributed by atoms with Gasteiger partial charge in [0.25, 0.3) is 0 Å². The molecular weight excluding hydrogens is 250 g/mol. The lowest BCUT2D eigenvalue weighted by Gasteiger charge is -2.36. The van der Waals surface area contributed by atoms with E-state index in [4.69, 9.17) is 4.84 Å². The second-order valence-electron chi connectivity index (χ2n) is 4.90. The van der Waals surface area contributed by atoms with E-state index in [1.54, 1.807) is 12.2 Å². The molecule has 2 aromatic carbocycles. The number of nitrogens with zero attached hydrogens (tertiary/aromatic N) is 1. The van der Waals surface area contributed by atoms with Crippen molar-refractivity contribution < 1.29 is 9.63 Å². The minimum atomic E-state index is -0.764. The van der Waals surface area contributed by atoms with Crippen LogP contribution in [0, 0.1) is 0 Å². The summed E-state index contributed by atoms with van der Waals surface area (Å²) in [5.74, 6) is 0.101. The largest absolute Gasteiger partial charge is 0.291 e. The molecule has 0 aliphatic carbocycles. The van der Waals surface area contributed by atoms with Crippen LogP contribution in [-0.4, -0.2) is 12.9 Å². The van der Waals surface area contributed by atoms with Crippen molar-refractivity contribution in [2.75, 3.05) is 12.2 Å². The van der Waals surface area contributed by atoms with Crippen LogP contribution in [0.15, 0.2) is 54.6 Å². The Bertz CT molecular complexity index is 638. The Morgan fingerprint density at radius 1 is 1.05 bits per heavy atom. The first-order chi connectivity index (χ1) is 9.75. The molecule has 1 heterocycles. The fourth-order valence-corrected chi connectivity index (χ4v) is 3.09. The van der Waals surface area contributed by atoms with Gasteiger partial charge in [0.15, 0.2) is 11.3 Å². The predicted molar refractivity (Wildman–Crippen MR) is 78.7 cm³/mol. The Labute approximate surface area is 118 Å². The van der Waals surface area contributed by atoms with Crippen LogP contribution in [0.4, 0.5) is 5.69 Å². The van der Waals surface area contributed by atoms with Crippen molar-refractivity contribution in [2.45, 2.75) is 18.9 Å². The first kappa shape index (κ1) is 12.9. The van der Waals surface area contributed by atoms with E-state index in [1.165, 1.54) is 0 Å². The van der Waals surface area contributed by atoms with E-state index < -0.39 is 5.54 Å². The summed E-state index contributed by atoms with van der Waals surface area (Å²) in [7, 11) is 1.61. The van der Waals surface area contributed by atoms with Crippen LogP contribution >= 0.6 is 0 Å². The van der Waals surface area contributed by atoms with Crippen molar-refractivity contribution >= 4 is 11.5 Å². The Hall–Kier alpha value is -2.13. The monoisotopic (exact) mass is 267 g/mol. The molecule has 0 aromatic heterocycles. The summed E-state index contributed by atoms with van der Waals surface area (Å²) in [4.78, 5) is 18.6. The fourth-order valence-electron chi connectivity index (χ4n) is 3.09. The zero-order valence-corrected chi connectivity index (χ0v) is 11.7. The third kappa shape index (κ3) is 1.53. The first-order valence-corrected chi connectivity index (χ1v) is 6.79. The summed E-state index contributed by atoms with van der Waals surface area (Å²) >= 11 is 0. The lowest BCUT2D eigenvalue weighted by atomic mass is 9.83. The molecule has 3 rings (SSSR count). The lowest BCUT2D eigenvalue weighted by molar-refractivity contribution is 0.0662. The van der Waals surface area contributed by atoms with Crippen LogP contribution in [0.3, 0.4) is 0 Å². The molecular formula is C17H17NO2. The molecule has 0 fully saturated rings. The van der Waals surface area contributed by atoms with Gasteiger partial charge in [0.1, 0.15) is 0 Å². The van der Waals surface area contributed by atoms with Gasteiger partial charge in [0.05, 0.1) is 12.8 Å². The number of rotatable bonds is 3. The smallest absolute Gasteiger partial charge is 0.197 e. The third-order valence-electron chi connectivity index (χ3n) is 4.04. The van der Waals surface area contributed by atoms with Crippen LogP contribution in [0.5, 0.6) is 0 Å². The van der Waals surface area contributed by atoms with Crippen molar-refractivity contribution in [2.24, 2.45) is 0 Å². The molecule has 102 valence electrons. The average Bonchev–Trinajstić information content (AvgIpc) is 2.77. The quantitative estimate of drug-likeness (QED) is 0.851. The van der Waals surface area contributed by atoms with Crippen LogP contribution < -0.4 is 5.06 Å². The average molecular weight is 267 g/mol. The molecule has 2 aromatic rings. The van der Waals surface area contributed by atoms with Gasteiger partial charge in [-0.2, -0.15) is 0 Å². The highest BCUT2D eigenvalue weighted by Gasteiger charge is 2.52. The molecule has 0 radical (unpaired) electrons. The number of benzene rings is 2. The molecule has 1 aliphatic rings. The van der Waals surface area contributed by atoms with Crippen molar-refractivity contribution in [3.8, 4) is 0 Å². The van der Waals surface area contributed by atoms with E-state index in [2.05, 4.69) is 0 Å². The normalized spacial score (nSPS) is 21.1. The van der Waals surface area contributed by atoms with E-state index in [0.717, 1.165) is 16.8 Å². The van der Waals surface area contributed by atoms with Gasteiger partial charge >= 0.3 is 0 Å². The van der Waals surface area contributed by atoms with Crippen molar-refractivity contribution in [1.82, 2.24) is 0 Å². The maximum absolute atomic E-state index is 13.0. The number of hydrogen-bond donors (Lipinski definition) is 0. The molecule has 3 nitrogen and oxygen atoms in total. The number of hydrogen-bond acceptors (Lipinski definition) is 3. The number of hydroxylamine groups is 1. The maximum Gasteiger partial charge on any atom is 0.197 e. The molecule has 0 bridgehead atoms. The highest BCUT2D eigenvalue weighted by Crippen LogP contribution is 2.46. The summed E-state index contributed by atoms with van der Waals surface area (Å²) in [6.07, 6.45) is 0.651. The maximum atomic E-state index is 13.0. The van der Waals surface area contributed by atoms with Crippen LogP contribution in [-0.2, 0) is 10.4 Å². The molecule has 0 amide bonds. The summed E-state index contributed by atoms with van der Waals surface area (Å²) < 4.78 is 0. The predicted octanol–water partition coefficient (Wildman–Crippen LogP) is 3.56. The molecule has 1 atom stereocenters. The van der Waals surface area contributed by atoms with Gasteiger partial charge in [0.2, 0.25) is 0 Å².